The zero-order chi connectivity index (χ0) is 11.1. The van der Waals surface area contributed by atoms with E-state index in [0.717, 1.165) is 17.5 Å². The molecular formula is C11H15NO2S. The Morgan fingerprint density at radius 3 is 2.53 bits per heavy atom. The smallest absolute Gasteiger partial charge is 0.207 e. The van der Waals surface area contributed by atoms with Gasteiger partial charge >= 0.3 is 0 Å². The summed E-state index contributed by atoms with van der Waals surface area (Å²) >= 11 is 0. The van der Waals surface area contributed by atoms with Crippen LogP contribution >= 0.6 is 0 Å². The highest BCUT2D eigenvalue weighted by atomic mass is 32.2. The number of nitrogens with zero attached hydrogens (tertiary/aromatic N) is 1. The quantitative estimate of drug-likeness (QED) is 0.732. The number of rotatable bonds is 3. The molecule has 0 spiro atoms. The van der Waals surface area contributed by atoms with Gasteiger partial charge in [-0.1, -0.05) is 24.6 Å². The Morgan fingerprint density at radius 1 is 1.33 bits per heavy atom. The minimum absolute atomic E-state index is 0.480. The third-order valence-electron chi connectivity index (χ3n) is 2.62. The molecule has 0 N–H and O–H groups in total. The van der Waals surface area contributed by atoms with Crippen LogP contribution in [0.3, 0.4) is 0 Å². The number of hydrogen-bond acceptors (Lipinski definition) is 2. The van der Waals surface area contributed by atoms with Crippen LogP contribution in [0.25, 0.3) is 0 Å². The SMILES string of the molecule is CCc1cc(C)ccc1S(=O)(=O)N1CC1. The van der Waals surface area contributed by atoms with Crippen molar-refractivity contribution in [2.24, 2.45) is 0 Å². The molecule has 1 aromatic rings. The highest BCUT2D eigenvalue weighted by Crippen LogP contribution is 2.25. The predicted octanol–water partition coefficient (Wildman–Crippen LogP) is 1.56. The first kappa shape index (κ1) is 10.6. The zero-order valence-corrected chi connectivity index (χ0v) is 9.84. The van der Waals surface area contributed by atoms with Gasteiger partial charge in [-0.2, -0.15) is 4.31 Å². The first-order valence-electron chi connectivity index (χ1n) is 5.15. The molecule has 4 heteroatoms. The lowest BCUT2D eigenvalue weighted by molar-refractivity contribution is 0.562. The Bertz CT molecular complexity index is 475. The molecule has 0 saturated carbocycles. The molecule has 2 rings (SSSR count). The van der Waals surface area contributed by atoms with Crippen molar-refractivity contribution in [1.82, 2.24) is 4.31 Å². The molecular weight excluding hydrogens is 210 g/mol. The van der Waals surface area contributed by atoms with E-state index in [4.69, 9.17) is 0 Å². The van der Waals surface area contributed by atoms with Gasteiger partial charge in [0.25, 0.3) is 0 Å². The Labute approximate surface area is 90.8 Å². The fourth-order valence-corrected chi connectivity index (χ4v) is 3.27. The van der Waals surface area contributed by atoms with Gasteiger partial charge in [-0.05, 0) is 25.0 Å². The zero-order valence-electron chi connectivity index (χ0n) is 9.03. The number of aryl methyl sites for hydroxylation is 2. The number of sulfonamides is 1. The third-order valence-corrected chi connectivity index (χ3v) is 4.62. The second kappa shape index (κ2) is 3.61. The summed E-state index contributed by atoms with van der Waals surface area (Å²) < 4.78 is 25.5. The van der Waals surface area contributed by atoms with E-state index in [1.54, 1.807) is 6.07 Å². The van der Waals surface area contributed by atoms with E-state index in [-0.39, 0.29) is 0 Å². The van der Waals surface area contributed by atoms with Crippen LogP contribution in [0.5, 0.6) is 0 Å². The molecule has 1 aromatic carbocycles. The molecule has 0 atom stereocenters. The maximum Gasteiger partial charge on any atom is 0.243 e. The summed E-state index contributed by atoms with van der Waals surface area (Å²) in [6, 6.07) is 5.54. The summed E-state index contributed by atoms with van der Waals surface area (Å²) in [6.45, 7) is 5.29. The fraction of sp³-hybridized carbons (Fsp3) is 0.455. The van der Waals surface area contributed by atoms with Crippen molar-refractivity contribution in [2.75, 3.05) is 13.1 Å². The van der Waals surface area contributed by atoms with Gasteiger partial charge in [0.2, 0.25) is 10.0 Å². The van der Waals surface area contributed by atoms with Crippen LogP contribution < -0.4 is 0 Å². The van der Waals surface area contributed by atoms with Gasteiger partial charge in [-0.3, -0.25) is 0 Å². The molecule has 15 heavy (non-hydrogen) atoms. The van der Waals surface area contributed by atoms with Crippen LogP contribution in [0.4, 0.5) is 0 Å². The van der Waals surface area contributed by atoms with Crippen LogP contribution in [0, 0.1) is 6.92 Å². The normalized spacial score (nSPS) is 16.7. The molecule has 0 unspecified atom stereocenters. The van der Waals surface area contributed by atoms with Crippen molar-refractivity contribution >= 4 is 10.0 Å². The van der Waals surface area contributed by atoms with Crippen LogP contribution in [0.15, 0.2) is 23.1 Å². The summed E-state index contributed by atoms with van der Waals surface area (Å²) in [5.41, 5.74) is 2.03. The lowest BCUT2D eigenvalue weighted by Crippen LogP contribution is -2.13. The molecule has 0 aliphatic carbocycles. The molecule has 3 nitrogen and oxygen atoms in total. The standard InChI is InChI=1S/C11H15NO2S/c1-3-10-8-9(2)4-5-11(10)15(13,14)12-6-7-12/h4-5,8H,3,6-7H2,1-2H3. The fourth-order valence-electron chi connectivity index (χ4n) is 1.66. The molecule has 0 aromatic heterocycles. The van der Waals surface area contributed by atoms with Crippen LogP contribution in [0.2, 0.25) is 0 Å². The molecule has 82 valence electrons. The molecule has 1 aliphatic heterocycles. The molecule has 1 aliphatic rings. The maximum atomic E-state index is 12.0. The van der Waals surface area contributed by atoms with E-state index in [9.17, 15) is 8.42 Å². The Morgan fingerprint density at radius 2 is 2.00 bits per heavy atom. The van der Waals surface area contributed by atoms with Gasteiger partial charge in [0.1, 0.15) is 0 Å². The Hall–Kier alpha value is -0.870. The predicted molar refractivity (Wildman–Crippen MR) is 59.3 cm³/mol. The number of hydrogen-bond donors (Lipinski definition) is 0. The third kappa shape index (κ3) is 1.92. The second-order valence-electron chi connectivity index (χ2n) is 3.87. The Kier molecular flexibility index (Phi) is 2.56. The first-order chi connectivity index (χ1) is 7.05. The summed E-state index contributed by atoms with van der Waals surface area (Å²) in [4.78, 5) is 0.480. The molecule has 1 fully saturated rings. The van der Waals surface area contributed by atoms with E-state index in [1.165, 1.54) is 4.31 Å². The lowest BCUT2D eigenvalue weighted by Gasteiger charge is -2.09. The average molecular weight is 225 g/mol. The minimum Gasteiger partial charge on any atom is -0.207 e. The topological polar surface area (TPSA) is 37.1 Å². The van der Waals surface area contributed by atoms with E-state index in [1.807, 2.05) is 26.0 Å². The van der Waals surface area contributed by atoms with Gasteiger partial charge < -0.3 is 0 Å². The largest absolute Gasteiger partial charge is 0.243 e. The monoisotopic (exact) mass is 225 g/mol. The summed E-state index contributed by atoms with van der Waals surface area (Å²) in [5.74, 6) is 0. The van der Waals surface area contributed by atoms with Gasteiger partial charge in [-0.15, -0.1) is 0 Å². The van der Waals surface area contributed by atoms with Gasteiger partial charge in [0, 0.05) is 13.1 Å². The summed E-state index contributed by atoms with van der Waals surface area (Å²) in [7, 11) is -3.19. The number of benzene rings is 1. The average Bonchev–Trinajstić information content (AvgIpc) is 3.00. The van der Waals surface area contributed by atoms with Gasteiger partial charge in [0.15, 0.2) is 0 Å². The van der Waals surface area contributed by atoms with Crippen molar-refractivity contribution in [3.8, 4) is 0 Å². The van der Waals surface area contributed by atoms with Crippen molar-refractivity contribution < 1.29 is 8.42 Å². The molecule has 1 saturated heterocycles. The molecule has 0 radical (unpaired) electrons. The van der Waals surface area contributed by atoms with E-state index >= 15 is 0 Å². The van der Waals surface area contributed by atoms with Crippen molar-refractivity contribution in [1.29, 1.82) is 0 Å². The molecule has 1 heterocycles. The lowest BCUT2D eigenvalue weighted by atomic mass is 10.1. The van der Waals surface area contributed by atoms with E-state index < -0.39 is 10.0 Å². The van der Waals surface area contributed by atoms with Gasteiger partial charge in [-0.25, -0.2) is 8.42 Å². The summed E-state index contributed by atoms with van der Waals surface area (Å²) in [6.07, 6.45) is 0.754. The van der Waals surface area contributed by atoms with Gasteiger partial charge in [0.05, 0.1) is 4.90 Å². The molecule has 0 bridgehead atoms. The van der Waals surface area contributed by atoms with E-state index in [2.05, 4.69) is 0 Å². The van der Waals surface area contributed by atoms with Crippen molar-refractivity contribution in [2.45, 2.75) is 25.2 Å². The van der Waals surface area contributed by atoms with Crippen LogP contribution in [-0.2, 0) is 16.4 Å². The van der Waals surface area contributed by atoms with Crippen LogP contribution in [0.1, 0.15) is 18.1 Å². The first-order valence-corrected chi connectivity index (χ1v) is 6.59. The van der Waals surface area contributed by atoms with Crippen molar-refractivity contribution in [3.05, 3.63) is 29.3 Å². The minimum atomic E-state index is -3.19. The van der Waals surface area contributed by atoms with Crippen LogP contribution in [-0.4, -0.2) is 25.8 Å². The second-order valence-corrected chi connectivity index (χ2v) is 5.78. The van der Waals surface area contributed by atoms with Crippen molar-refractivity contribution in [3.63, 3.8) is 0 Å². The Balaban J connectivity index is 2.52. The highest BCUT2D eigenvalue weighted by molar-refractivity contribution is 7.89. The van der Waals surface area contributed by atoms with E-state index in [0.29, 0.717) is 18.0 Å². The summed E-state index contributed by atoms with van der Waals surface area (Å²) in [5, 5.41) is 0. The highest BCUT2D eigenvalue weighted by Gasteiger charge is 2.34. The molecule has 0 amide bonds. The maximum absolute atomic E-state index is 12.0.